The maximum Gasteiger partial charge on any atom is 0.244 e. The van der Waals surface area contributed by atoms with Gasteiger partial charge in [-0.1, -0.05) is 23.2 Å². The van der Waals surface area contributed by atoms with Crippen molar-refractivity contribution in [2.45, 2.75) is 17.7 Å². The number of hydrogen-bond donors (Lipinski definition) is 2. The highest BCUT2D eigenvalue weighted by molar-refractivity contribution is 7.89. The van der Waals surface area contributed by atoms with E-state index in [9.17, 15) is 13.2 Å². The Hall–Kier alpha value is -1.02. The Labute approximate surface area is 133 Å². The summed E-state index contributed by atoms with van der Waals surface area (Å²) >= 11 is 11.8. The lowest BCUT2D eigenvalue weighted by molar-refractivity contribution is -0.122. The Kier molecular flexibility index (Phi) is 4.67. The summed E-state index contributed by atoms with van der Waals surface area (Å²) in [6.45, 7) is 0.363. The van der Waals surface area contributed by atoms with Gasteiger partial charge in [0.25, 0.3) is 0 Å². The van der Waals surface area contributed by atoms with Crippen molar-refractivity contribution in [2.75, 3.05) is 18.8 Å². The van der Waals surface area contributed by atoms with Crippen molar-refractivity contribution in [3.8, 4) is 0 Å². The monoisotopic (exact) mass is 351 g/mol. The lowest BCUT2D eigenvalue weighted by atomic mass is 9.99. The predicted octanol–water partition coefficient (Wildman–Crippen LogP) is 1.46. The maximum atomic E-state index is 12.6. The number of piperidine rings is 1. The summed E-state index contributed by atoms with van der Waals surface area (Å²) in [5.41, 5.74) is 10.9. The van der Waals surface area contributed by atoms with E-state index in [1.165, 1.54) is 16.4 Å². The van der Waals surface area contributed by atoms with Gasteiger partial charge in [0.15, 0.2) is 0 Å². The van der Waals surface area contributed by atoms with Crippen LogP contribution in [0.4, 0.5) is 5.69 Å². The fraction of sp³-hybridized carbons (Fsp3) is 0.417. The molecule has 1 aliphatic rings. The normalized spacial score (nSPS) is 20.4. The van der Waals surface area contributed by atoms with Crippen LogP contribution in [0.15, 0.2) is 17.0 Å². The average Bonchev–Trinajstić information content (AvgIpc) is 2.44. The highest BCUT2D eigenvalue weighted by atomic mass is 35.5. The molecule has 1 saturated heterocycles. The number of nitrogens with zero attached hydrogens (tertiary/aromatic N) is 1. The van der Waals surface area contributed by atoms with Gasteiger partial charge in [0, 0.05) is 13.1 Å². The smallest absolute Gasteiger partial charge is 0.244 e. The highest BCUT2D eigenvalue weighted by Crippen LogP contribution is 2.35. The zero-order valence-corrected chi connectivity index (χ0v) is 13.4. The van der Waals surface area contributed by atoms with Crippen LogP contribution in [-0.2, 0) is 14.8 Å². The molecule has 0 spiro atoms. The lowest BCUT2D eigenvalue weighted by Crippen LogP contribution is -2.44. The zero-order chi connectivity index (χ0) is 15.8. The largest absolute Gasteiger partial charge is 0.396 e. The third-order valence-electron chi connectivity index (χ3n) is 3.50. The number of benzene rings is 1. The van der Waals surface area contributed by atoms with Crippen molar-refractivity contribution in [1.29, 1.82) is 0 Å². The molecule has 21 heavy (non-hydrogen) atoms. The summed E-state index contributed by atoms with van der Waals surface area (Å²) in [5, 5.41) is 0.0799. The molecule has 1 aromatic carbocycles. The minimum atomic E-state index is -3.84. The minimum absolute atomic E-state index is 0.0165. The third kappa shape index (κ3) is 3.11. The first-order chi connectivity index (χ1) is 9.75. The number of rotatable bonds is 3. The van der Waals surface area contributed by atoms with E-state index in [4.69, 9.17) is 34.7 Å². The van der Waals surface area contributed by atoms with Crippen LogP contribution in [0.2, 0.25) is 10.0 Å². The van der Waals surface area contributed by atoms with E-state index >= 15 is 0 Å². The Morgan fingerprint density at radius 3 is 2.62 bits per heavy atom. The summed E-state index contributed by atoms with van der Waals surface area (Å²) < 4.78 is 26.5. The molecule has 1 atom stereocenters. The number of carbonyl (C=O) groups excluding carboxylic acids is 1. The number of amides is 1. The third-order valence-corrected chi connectivity index (χ3v) is 6.25. The number of hydrogen-bond acceptors (Lipinski definition) is 4. The van der Waals surface area contributed by atoms with E-state index in [0.717, 1.165) is 0 Å². The molecule has 4 N–H and O–H groups in total. The van der Waals surface area contributed by atoms with Crippen LogP contribution in [0, 0.1) is 5.92 Å². The minimum Gasteiger partial charge on any atom is -0.396 e. The fourth-order valence-corrected chi connectivity index (χ4v) is 4.54. The number of sulfonamides is 1. The molecular weight excluding hydrogens is 337 g/mol. The lowest BCUT2D eigenvalue weighted by Gasteiger charge is -2.30. The molecule has 2 rings (SSSR count). The van der Waals surface area contributed by atoms with Crippen LogP contribution in [0.3, 0.4) is 0 Å². The molecule has 1 aromatic rings. The van der Waals surface area contributed by atoms with E-state index in [1.807, 2.05) is 0 Å². The first-order valence-electron chi connectivity index (χ1n) is 6.28. The molecule has 116 valence electrons. The number of anilines is 1. The van der Waals surface area contributed by atoms with Crippen LogP contribution in [-0.4, -0.2) is 31.7 Å². The van der Waals surface area contributed by atoms with Gasteiger partial charge >= 0.3 is 0 Å². The Balaban J connectivity index is 2.38. The molecule has 9 heteroatoms. The number of nitrogen functional groups attached to an aromatic ring is 1. The van der Waals surface area contributed by atoms with Crippen molar-refractivity contribution in [1.82, 2.24) is 4.31 Å². The molecular formula is C12H15Cl2N3O3S. The molecule has 0 saturated carbocycles. The summed E-state index contributed by atoms with van der Waals surface area (Å²) in [7, 11) is -3.84. The summed E-state index contributed by atoms with van der Waals surface area (Å²) in [6.07, 6.45) is 1.14. The molecule has 0 bridgehead atoms. The molecule has 6 nitrogen and oxygen atoms in total. The molecule has 1 amide bonds. The van der Waals surface area contributed by atoms with E-state index in [2.05, 4.69) is 0 Å². The summed E-state index contributed by atoms with van der Waals surface area (Å²) in [5.74, 6) is -0.992. The van der Waals surface area contributed by atoms with E-state index in [-0.39, 0.29) is 27.2 Å². The summed E-state index contributed by atoms with van der Waals surface area (Å²) in [6, 6.07) is 2.69. The molecule has 1 aliphatic heterocycles. The Morgan fingerprint density at radius 2 is 2.00 bits per heavy atom. The molecule has 1 heterocycles. The first kappa shape index (κ1) is 16.4. The Bertz CT molecular complexity index is 679. The Morgan fingerprint density at radius 1 is 1.33 bits per heavy atom. The van der Waals surface area contributed by atoms with Gasteiger partial charge < -0.3 is 11.5 Å². The average molecular weight is 352 g/mol. The molecule has 0 aromatic heterocycles. The van der Waals surface area contributed by atoms with Crippen LogP contribution in [0.5, 0.6) is 0 Å². The van der Waals surface area contributed by atoms with Gasteiger partial charge in [-0.3, -0.25) is 4.79 Å². The predicted molar refractivity (Wildman–Crippen MR) is 81.6 cm³/mol. The maximum absolute atomic E-state index is 12.6. The first-order valence-corrected chi connectivity index (χ1v) is 8.47. The zero-order valence-electron chi connectivity index (χ0n) is 11.1. The standard InChI is InChI=1S/C12H15Cl2N3O3S/c13-8-3-4-9(10(14)11(8)15)21(19,20)17-5-1-2-7(6-17)12(16)18/h3-4,7H,1-2,5-6,15H2,(H2,16,18). The van der Waals surface area contributed by atoms with Crippen LogP contribution in [0.1, 0.15) is 12.8 Å². The van der Waals surface area contributed by atoms with Crippen molar-refractivity contribution >= 4 is 44.8 Å². The van der Waals surface area contributed by atoms with E-state index < -0.39 is 21.8 Å². The number of nitrogens with two attached hydrogens (primary N) is 2. The van der Waals surface area contributed by atoms with Gasteiger partial charge in [-0.15, -0.1) is 0 Å². The molecule has 0 radical (unpaired) electrons. The topological polar surface area (TPSA) is 106 Å². The van der Waals surface area contributed by atoms with Crippen LogP contribution >= 0.6 is 23.2 Å². The van der Waals surface area contributed by atoms with Crippen molar-refractivity contribution in [2.24, 2.45) is 11.7 Å². The van der Waals surface area contributed by atoms with Gasteiger partial charge in [-0.2, -0.15) is 4.31 Å². The van der Waals surface area contributed by atoms with Gasteiger partial charge in [-0.25, -0.2) is 8.42 Å². The second-order valence-corrected chi connectivity index (χ2v) is 7.57. The molecule has 0 aliphatic carbocycles. The number of carbonyl (C=O) groups is 1. The molecule has 1 fully saturated rings. The van der Waals surface area contributed by atoms with Gasteiger partial charge in [0.05, 0.1) is 21.7 Å². The second-order valence-electron chi connectivity index (χ2n) is 4.88. The van der Waals surface area contributed by atoms with Crippen molar-refractivity contribution < 1.29 is 13.2 Å². The van der Waals surface area contributed by atoms with Crippen LogP contribution in [0.25, 0.3) is 0 Å². The number of halogens is 2. The quantitative estimate of drug-likeness (QED) is 0.803. The van der Waals surface area contributed by atoms with Crippen LogP contribution < -0.4 is 11.5 Å². The summed E-state index contributed by atoms with van der Waals surface area (Å²) in [4.78, 5) is 11.2. The SMILES string of the molecule is NC(=O)C1CCCN(S(=O)(=O)c2ccc(Cl)c(N)c2Cl)C1. The fourth-order valence-electron chi connectivity index (χ4n) is 2.28. The highest BCUT2D eigenvalue weighted by Gasteiger charge is 2.34. The second kappa shape index (κ2) is 6.00. The molecule has 1 unspecified atom stereocenters. The number of primary amides is 1. The van der Waals surface area contributed by atoms with Gasteiger partial charge in [-0.05, 0) is 25.0 Å². The van der Waals surface area contributed by atoms with E-state index in [0.29, 0.717) is 19.4 Å². The van der Waals surface area contributed by atoms with Crippen molar-refractivity contribution in [3.05, 3.63) is 22.2 Å². The van der Waals surface area contributed by atoms with Crippen molar-refractivity contribution in [3.63, 3.8) is 0 Å². The van der Waals surface area contributed by atoms with Gasteiger partial charge in [0.2, 0.25) is 15.9 Å². The van der Waals surface area contributed by atoms with Gasteiger partial charge in [0.1, 0.15) is 4.90 Å². The van der Waals surface area contributed by atoms with E-state index in [1.54, 1.807) is 0 Å².